The van der Waals surface area contributed by atoms with E-state index in [1.165, 1.54) is 10.6 Å². The molecule has 0 N–H and O–H groups in total. The van der Waals surface area contributed by atoms with Crippen molar-refractivity contribution in [3.63, 3.8) is 0 Å². The summed E-state index contributed by atoms with van der Waals surface area (Å²) >= 11 is 0. The van der Waals surface area contributed by atoms with Gasteiger partial charge in [-0.05, 0) is 35.9 Å². The van der Waals surface area contributed by atoms with Crippen LogP contribution in [-0.2, 0) is 17.9 Å². The summed E-state index contributed by atoms with van der Waals surface area (Å²) in [7, 11) is 0. The second kappa shape index (κ2) is 6.58. The lowest BCUT2D eigenvalue weighted by atomic mass is 9.83. The van der Waals surface area contributed by atoms with Gasteiger partial charge in [0.1, 0.15) is 6.54 Å². The standard InChI is InChI=1S/C21H20N4O4/c26-20(13-22-8-7-15-3-1-2-4-17(15)22)23-10-14-9-16(12-23)18-5-6-19(25(28)29)21(27)24(18)11-14/h1-8,14,16H,9-13H2. The number of fused-ring (bicyclic) bond motifs is 5. The normalized spacial score (nSPS) is 20.5. The molecule has 1 aromatic carbocycles. The Morgan fingerprint density at radius 2 is 1.93 bits per heavy atom. The first-order valence-corrected chi connectivity index (χ1v) is 9.71. The van der Waals surface area contributed by atoms with Crippen LogP contribution in [0.25, 0.3) is 10.9 Å². The number of nitrogens with zero attached hydrogens (tertiary/aromatic N) is 4. The van der Waals surface area contributed by atoms with Gasteiger partial charge >= 0.3 is 11.2 Å². The van der Waals surface area contributed by atoms with Gasteiger partial charge in [0.2, 0.25) is 5.91 Å². The third-order valence-electron chi connectivity index (χ3n) is 6.12. The number of pyridine rings is 1. The minimum atomic E-state index is -0.628. The van der Waals surface area contributed by atoms with Crippen LogP contribution < -0.4 is 5.56 Å². The molecule has 1 amide bonds. The van der Waals surface area contributed by atoms with Gasteiger partial charge in [0, 0.05) is 49.0 Å². The molecule has 2 atom stereocenters. The highest BCUT2D eigenvalue weighted by atomic mass is 16.6. The number of amides is 1. The molecular formula is C21H20N4O4. The Labute approximate surface area is 166 Å². The van der Waals surface area contributed by atoms with E-state index in [9.17, 15) is 19.7 Å². The largest absolute Gasteiger partial charge is 0.340 e. The van der Waals surface area contributed by atoms with Gasteiger partial charge in [0.25, 0.3) is 0 Å². The zero-order chi connectivity index (χ0) is 20.1. The number of likely N-dealkylation sites (tertiary alicyclic amines) is 1. The fraction of sp³-hybridized carbons (Fsp3) is 0.333. The van der Waals surface area contributed by atoms with Crippen molar-refractivity contribution >= 4 is 22.5 Å². The lowest BCUT2D eigenvalue weighted by Crippen LogP contribution is -2.50. The van der Waals surface area contributed by atoms with Crippen LogP contribution in [0.3, 0.4) is 0 Å². The SMILES string of the molecule is O=C(Cn1ccc2ccccc21)N1CC2CC(C1)c1ccc([N+](=O)[O-])c(=O)n1C2. The molecule has 1 fully saturated rings. The van der Waals surface area contributed by atoms with Crippen molar-refractivity contribution in [2.45, 2.75) is 25.4 Å². The number of aromatic nitrogens is 2. The van der Waals surface area contributed by atoms with Gasteiger partial charge in [-0.1, -0.05) is 18.2 Å². The van der Waals surface area contributed by atoms with Crippen molar-refractivity contribution in [1.82, 2.24) is 14.0 Å². The molecule has 29 heavy (non-hydrogen) atoms. The van der Waals surface area contributed by atoms with Crippen LogP contribution in [0.4, 0.5) is 5.69 Å². The average Bonchev–Trinajstić information content (AvgIpc) is 3.11. The zero-order valence-corrected chi connectivity index (χ0v) is 15.7. The summed E-state index contributed by atoms with van der Waals surface area (Å²) in [6.45, 7) is 1.80. The van der Waals surface area contributed by atoms with Crippen LogP contribution in [0.1, 0.15) is 18.0 Å². The third kappa shape index (κ3) is 2.91. The summed E-state index contributed by atoms with van der Waals surface area (Å²) in [5.74, 6) is 0.214. The van der Waals surface area contributed by atoms with Crippen LogP contribution >= 0.6 is 0 Å². The molecule has 5 rings (SSSR count). The maximum Gasteiger partial charge on any atom is 0.334 e. The number of nitro groups is 1. The number of hydrogen-bond donors (Lipinski definition) is 0. The Kier molecular flexibility index (Phi) is 4.01. The molecule has 0 spiro atoms. The van der Waals surface area contributed by atoms with E-state index in [4.69, 9.17) is 0 Å². The number of hydrogen-bond acceptors (Lipinski definition) is 4. The second-order valence-electron chi connectivity index (χ2n) is 7.92. The maximum absolute atomic E-state index is 13.0. The van der Waals surface area contributed by atoms with E-state index in [2.05, 4.69) is 0 Å². The van der Waals surface area contributed by atoms with Crippen LogP contribution in [-0.4, -0.2) is 38.0 Å². The summed E-state index contributed by atoms with van der Waals surface area (Å²) in [5.41, 5.74) is 0.893. The summed E-state index contributed by atoms with van der Waals surface area (Å²) in [6.07, 6.45) is 2.83. The molecule has 2 bridgehead atoms. The summed E-state index contributed by atoms with van der Waals surface area (Å²) in [5, 5.41) is 12.2. The van der Waals surface area contributed by atoms with E-state index in [1.54, 1.807) is 6.07 Å². The number of carbonyl (C=O) groups excluding carboxylic acids is 1. The maximum atomic E-state index is 13.0. The molecule has 8 heteroatoms. The molecule has 3 aromatic rings. The summed E-state index contributed by atoms with van der Waals surface area (Å²) in [6, 6.07) is 12.9. The molecule has 1 saturated heterocycles. The van der Waals surface area contributed by atoms with Gasteiger partial charge in [0.05, 0.1) is 4.92 Å². The van der Waals surface area contributed by atoms with Crippen LogP contribution in [0, 0.1) is 16.0 Å². The Morgan fingerprint density at radius 1 is 1.10 bits per heavy atom. The Bertz CT molecular complexity index is 1190. The van der Waals surface area contributed by atoms with E-state index in [1.807, 2.05) is 46.0 Å². The van der Waals surface area contributed by atoms with Gasteiger partial charge in [-0.15, -0.1) is 0 Å². The molecule has 0 aliphatic carbocycles. The molecule has 2 aromatic heterocycles. The quantitative estimate of drug-likeness (QED) is 0.505. The smallest absolute Gasteiger partial charge is 0.334 e. The third-order valence-corrected chi connectivity index (χ3v) is 6.12. The van der Waals surface area contributed by atoms with Gasteiger partial charge < -0.3 is 14.0 Å². The Balaban J connectivity index is 1.39. The van der Waals surface area contributed by atoms with E-state index in [0.29, 0.717) is 19.6 Å². The molecular weight excluding hydrogens is 372 g/mol. The first kappa shape index (κ1) is 17.7. The molecule has 4 heterocycles. The minimum Gasteiger partial charge on any atom is -0.340 e. The van der Waals surface area contributed by atoms with E-state index in [-0.39, 0.29) is 30.0 Å². The van der Waals surface area contributed by atoms with Gasteiger partial charge in [-0.3, -0.25) is 19.7 Å². The van der Waals surface area contributed by atoms with Gasteiger partial charge in [-0.25, -0.2) is 0 Å². The first-order valence-electron chi connectivity index (χ1n) is 9.71. The van der Waals surface area contributed by atoms with Crippen molar-refractivity contribution in [1.29, 1.82) is 0 Å². The van der Waals surface area contributed by atoms with E-state index < -0.39 is 10.5 Å². The average molecular weight is 392 g/mol. The highest BCUT2D eigenvalue weighted by Crippen LogP contribution is 2.35. The lowest BCUT2D eigenvalue weighted by Gasteiger charge is -2.42. The monoisotopic (exact) mass is 392 g/mol. The van der Waals surface area contributed by atoms with Crippen molar-refractivity contribution < 1.29 is 9.72 Å². The molecule has 0 saturated carbocycles. The number of rotatable bonds is 3. The zero-order valence-electron chi connectivity index (χ0n) is 15.7. The number of para-hydroxylation sites is 1. The predicted molar refractivity (Wildman–Crippen MR) is 107 cm³/mol. The van der Waals surface area contributed by atoms with Gasteiger partial charge in [-0.2, -0.15) is 0 Å². The minimum absolute atomic E-state index is 0.0290. The van der Waals surface area contributed by atoms with E-state index >= 15 is 0 Å². The Hall–Kier alpha value is -3.42. The molecule has 8 nitrogen and oxygen atoms in total. The van der Waals surface area contributed by atoms with Crippen molar-refractivity contribution in [3.8, 4) is 0 Å². The van der Waals surface area contributed by atoms with Crippen molar-refractivity contribution in [2.75, 3.05) is 13.1 Å². The highest BCUT2D eigenvalue weighted by molar-refractivity contribution is 5.83. The summed E-state index contributed by atoms with van der Waals surface area (Å²) < 4.78 is 3.50. The molecule has 148 valence electrons. The number of piperidine rings is 1. The summed E-state index contributed by atoms with van der Waals surface area (Å²) in [4.78, 5) is 37.8. The van der Waals surface area contributed by atoms with Crippen molar-refractivity contribution in [2.24, 2.45) is 5.92 Å². The topological polar surface area (TPSA) is 90.4 Å². The van der Waals surface area contributed by atoms with E-state index in [0.717, 1.165) is 23.0 Å². The van der Waals surface area contributed by atoms with Crippen LogP contribution in [0.15, 0.2) is 53.5 Å². The fourth-order valence-corrected chi connectivity index (χ4v) is 4.80. The molecule has 0 radical (unpaired) electrons. The molecule has 2 aliphatic heterocycles. The van der Waals surface area contributed by atoms with Crippen LogP contribution in [0.2, 0.25) is 0 Å². The van der Waals surface area contributed by atoms with Gasteiger partial charge in [0.15, 0.2) is 0 Å². The number of benzene rings is 1. The van der Waals surface area contributed by atoms with Crippen molar-refractivity contribution in [3.05, 3.63) is 74.8 Å². The highest BCUT2D eigenvalue weighted by Gasteiger charge is 2.37. The number of carbonyl (C=O) groups is 1. The lowest BCUT2D eigenvalue weighted by molar-refractivity contribution is -0.386. The molecule has 2 unspecified atom stereocenters. The Morgan fingerprint density at radius 3 is 2.76 bits per heavy atom. The first-order chi connectivity index (χ1) is 14.0. The molecule has 2 aliphatic rings. The predicted octanol–water partition coefficient (Wildman–Crippen LogP) is 2.36. The van der Waals surface area contributed by atoms with Crippen LogP contribution in [0.5, 0.6) is 0 Å². The second-order valence-corrected chi connectivity index (χ2v) is 7.92. The fourth-order valence-electron chi connectivity index (χ4n) is 4.80.